The number of nitrogens with one attached hydrogen (secondary N) is 1. The molecule has 1 amide bonds. The number of carbonyl (C=O) groups excluding carboxylic acids is 1. The molecule has 0 aliphatic carbocycles. The number of nitrogen functional groups attached to an aromatic ring is 1. The molecule has 25 heavy (non-hydrogen) atoms. The summed E-state index contributed by atoms with van der Waals surface area (Å²) in [5, 5.41) is 4.00. The first kappa shape index (κ1) is 17.2. The molecule has 1 aromatic carbocycles. The third-order valence-corrected chi connectivity index (χ3v) is 5.59. The first-order valence-corrected chi connectivity index (χ1v) is 9.13. The molecule has 3 N–H and O–H groups in total. The molecular weight excluding hydrogens is 354 g/mol. The standard InChI is InChI=1S/C18H17N3O2S2/c1-11-3-8-14(24-11)10-20-21-18(22)17-15(19)9-16(25-17)12-4-6-13(23-2)7-5-12/h3-10H,19H2,1-2H3,(H,21,22)/b20-10-. The zero-order chi connectivity index (χ0) is 17.8. The number of aryl methyl sites for hydroxylation is 1. The van der Waals surface area contributed by atoms with Crippen LogP contribution in [0.2, 0.25) is 0 Å². The number of nitrogens with zero attached hydrogens (tertiary/aromatic N) is 1. The number of rotatable bonds is 5. The monoisotopic (exact) mass is 371 g/mol. The Hall–Kier alpha value is -2.64. The Kier molecular flexibility index (Phi) is 5.16. The van der Waals surface area contributed by atoms with Crippen molar-refractivity contribution in [2.45, 2.75) is 6.92 Å². The maximum absolute atomic E-state index is 12.3. The predicted octanol–water partition coefficient (Wildman–Crippen LogP) is 4.14. The summed E-state index contributed by atoms with van der Waals surface area (Å²) in [6.07, 6.45) is 1.63. The number of benzene rings is 1. The quantitative estimate of drug-likeness (QED) is 0.523. The van der Waals surface area contributed by atoms with Gasteiger partial charge in [-0.15, -0.1) is 22.7 Å². The van der Waals surface area contributed by atoms with Gasteiger partial charge in [0.2, 0.25) is 0 Å². The summed E-state index contributed by atoms with van der Waals surface area (Å²) in [5.41, 5.74) is 9.95. The van der Waals surface area contributed by atoms with Crippen molar-refractivity contribution in [2.75, 3.05) is 12.8 Å². The number of nitrogens with two attached hydrogens (primary N) is 1. The van der Waals surface area contributed by atoms with Crippen molar-refractivity contribution in [3.05, 3.63) is 57.1 Å². The number of carbonyl (C=O) groups is 1. The number of thiophene rings is 2. The van der Waals surface area contributed by atoms with Crippen LogP contribution in [0, 0.1) is 6.92 Å². The van der Waals surface area contributed by atoms with Crippen LogP contribution in [0.25, 0.3) is 10.4 Å². The zero-order valence-corrected chi connectivity index (χ0v) is 15.4. The van der Waals surface area contributed by atoms with Gasteiger partial charge in [-0.05, 0) is 55.0 Å². The lowest BCUT2D eigenvalue weighted by Crippen LogP contribution is -2.17. The van der Waals surface area contributed by atoms with Crippen LogP contribution in [-0.2, 0) is 0 Å². The van der Waals surface area contributed by atoms with Gasteiger partial charge in [-0.1, -0.05) is 0 Å². The number of hydrazone groups is 1. The average Bonchev–Trinajstić information content (AvgIpc) is 3.20. The van der Waals surface area contributed by atoms with E-state index in [4.69, 9.17) is 10.5 Å². The molecule has 7 heteroatoms. The number of amides is 1. The Labute approximate surface area is 153 Å². The van der Waals surface area contributed by atoms with Crippen molar-refractivity contribution in [1.82, 2.24) is 5.43 Å². The highest BCUT2D eigenvalue weighted by Crippen LogP contribution is 2.33. The van der Waals surface area contributed by atoms with E-state index in [1.807, 2.05) is 43.3 Å². The molecule has 0 fully saturated rings. The van der Waals surface area contributed by atoms with Gasteiger partial charge in [-0.2, -0.15) is 5.10 Å². The molecule has 0 saturated carbocycles. The van der Waals surface area contributed by atoms with Crippen molar-refractivity contribution < 1.29 is 9.53 Å². The largest absolute Gasteiger partial charge is 0.497 e. The van der Waals surface area contributed by atoms with Gasteiger partial charge in [0.1, 0.15) is 10.6 Å². The second-order valence-electron chi connectivity index (χ2n) is 5.27. The Balaban J connectivity index is 1.72. The molecule has 0 aliphatic rings. The zero-order valence-electron chi connectivity index (χ0n) is 13.8. The smallest absolute Gasteiger partial charge is 0.283 e. The van der Waals surface area contributed by atoms with Gasteiger partial charge in [0.25, 0.3) is 5.91 Å². The van der Waals surface area contributed by atoms with Crippen LogP contribution in [0.5, 0.6) is 5.75 Å². The summed E-state index contributed by atoms with van der Waals surface area (Å²) >= 11 is 2.95. The molecule has 0 aliphatic heterocycles. The van der Waals surface area contributed by atoms with E-state index < -0.39 is 0 Å². The molecule has 128 valence electrons. The molecule has 0 bridgehead atoms. The Bertz CT molecular complexity index is 911. The fourth-order valence-electron chi connectivity index (χ4n) is 2.21. The van der Waals surface area contributed by atoms with Gasteiger partial charge in [0.05, 0.1) is 19.0 Å². The molecule has 0 unspecified atom stereocenters. The highest BCUT2D eigenvalue weighted by molar-refractivity contribution is 7.18. The summed E-state index contributed by atoms with van der Waals surface area (Å²) < 4.78 is 5.15. The minimum Gasteiger partial charge on any atom is -0.497 e. The maximum Gasteiger partial charge on any atom is 0.283 e. The summed E-state index contributed by atoms with van der Waals surface area (Å²) in [6, 6.07) is 13.4. The van der Waals surface area contributed by atoms with Crippen LogP contribution >= 0.6 is 22.7 Å². The van der Waals surface area contributed by atoms with E-state index in [0.717, 1.165) is 21.1 Å². The topological polar surface area (TPSA) is 76.7 Å². The van der Waals surface area contributed by atoms with Gasteiger partial charge in [0.15, 0.2) is 0 Å². The Morgan fingerprint density at radius 1 is 1.20 bits per heavy atom. The van der Waals surface area contributed by atoms with Crippen molar-refractivity contribution in [3.8, 4) is 16.2 Å². The highest BCUT2D eigenvalue weighted by atomic mass is 32.1. The van der Waals surface area contributed by atoms with Crippen molar-refractivity contribution in [2.24, 2.45) is 5.10 Å². The van der Waals surface area contributed by atoms with E-state index in [0.29, 0.717) is 10.6 Å². The molecular formula is C18H17N3O2S2. The Morgan fingerprint density at radius 3 is 2.60 bits per heavy atom. The van der Waals surface area contributed by atoms with Gasteiger partial charge >= 0.3 is 0 Å². The van der Waals surface area contributed by atoms with E-state index in [-0.39, 0.29) is 5.91 Å². The maximum atomic E-state index is 12.3. The molecule has 2 aromatic heterocycles. The van der Waals surface area contributed by atoms with Crippen LogP contribution in [0.3, 0.4) is 0 Å². The van der Waals surface area contributed by atoms with Gasteiger partial charge in [-0.25, -0.2) is 5.43 Å². The van der Waals surface area contributed by atoms with E-state index >= 15 is 0 Å². The lowest BCUT2D eigenvalue weighted by molar-refractivity contribution is 0.0960. The molecule has 3 rings (SSSR count). The van der Waals surface area contributed by atoms with E-state index in [1.165, 1.54) is 16.2 Å². The second kappa shape index (κ2) is 7.50. The highest BCUT2D eigenvalue weighted by Gasteiger charge is 2.15. The van der Waals surface area contributed by atoms with Gasteiger partial charge in [-0.3, -0.25) is 4.79 Å². The first-order valence-electron chi connectivity index (χ1n) is 7.50. The van der Waals surface area contributed by atoms with Crippen molar-refractivity contribution in [3.63, 3.8) is 0 Å². The molecule has 0 radical (unpaired) electrons. The van der Waals surface area contributed by atoms with Crippen LogP contribution in [0.1, 0.15) is 19.4 Å². The van der Waals surface area contributed by atoms with E-state index in [2.05, 4.69) is 10.5 Å². The molecule has 0 saturated heterocycles. The van der Waals surface area contributed by atoms with Crippen LogP contribution in [0.4, 0.5) is 5.69 Å². The average molecular weight is 371 g/mol. The van der Waals surface area contributed by atoms with E-state index in [1.54, 1.807) is 30.7 Å². The second-order valence-corrected chi connectivity index (χ2v) is 7.64. The SMILES string of the molecule is COc1ccc(-c2cc(N)c(C(=O)N/N=C\c3ccc(C)s3)s2)cc1. The van der Waals surface area contributed by atoms with Gasteiger partial charge in [0, 0.05) is 14.6 Å². The summed E-state index contributed by atoms with van der Waals surface area (Å²) in [4.78, 5) is 15.8. The van der Waals surface area contributed by atoms with Crippen molar-refractivity contribution in [1.29, 1.82) is 0 Å². The summed E-state index contributed by atoms with van der Waals surface area (Å²) in [6.45, 7) is 2.02. The number of hydrogen-bond acceptors (Lipinski definition) is 6. The molecule has 0 spiro atoms. The number of anilines is 1. The van der Waals surface area contributed by atoms with E-state index in [9.17, 15) is 4.79 Å². The lowest BCUT2D eigenvalue weighted by atomic mass is 10.2. The summed E-state index contributed by atoms with van der Waals surface area (Å²) in [7, 11) is 1.62. The Morgan fingerprint density at radius 2 is 1.96 bits per heavy atom. The van der Waals surface area contributed by atoms with Gasteiger partial charge < -0.3 is 10.5 Å². The molecule has 3 aromatic rings. The summed E-state index contributed by atoms with van der Waals surface area (Å²) in [5.74, 6) is 0.469. The lowest BCUT2D eigenvalue weighted by Gasteiger charge is -2.00. The van der Waals surface area contributed by atoms with Crippen molar-refractivity contribution >= 4 is 40.5 Å². The fraction of sp³-hybridized carbons (Fsp3) is 0.111. The number of methoxy groups -OCH3 is 1. The number of ether oxygens (including phenoxy) is 1. The molecule has 0 atom stereocenters. The number of hydrogen-bond donors (Lipinski definition) is 2. The third kappa shape index (κ3) is 4.07. The normalized spacial score (nSPS) is 11.0. The first-order chi connectivity index (χ1) is 12.1. The van der Waals surface area contributed by atoms with Crippen LogP contribution < -0.4 is 15.9 Å². The minimum atomic E-state index is -0.313. The molecule has 2 heterocycles. The third-order valence-electron chi connectivity index (χ3n) is 3.46. The van der Waals surface area contributed by atoms with Crippen LogP contribution in [0.15, 0.2) is 47.6 Å². The predicted molar refractivity (Wildman–Crippen MR) is 105 cm³/mol. The minimum absolute atomic E-state index is 0.313. The molecule has 5 nitrogen and oxygen atoms in total. The fourth-order valence-corrected chi connectivity index (χ4v) is 3.93. The van der Waals surface area contributed by atoms with Crippen LogP contribution in [-0.4, -0.2) is 19.2 Å².